The zero-order valence-electron chi connectivity index (χ0n) is 8.89. The summed E-state index contributed by atoms with van der Waals surface area (Å²) >= 11 is 0. The van der Waals surface area contributed by atoms with Crippen molar-refractivity contribution in [2.45, 2.75) is 39.0 Å². The first-order valence-electron chi connectivity index (χ1n) is 5.73. The number of nitrogens with one attached hydrogen (secondary N) is 1. The highest BCUT2D eigenvalue weighted by Crippen LogP contribution is 2.31. The lowest BCUT2D eigenvalue weighted by molar-refractivity contribution is 0.462. The molecule has 0 aromatic rings. The zero-order chi connectivity index (χ0) is 9.52. The van der Waals surface area contributed by atoms with Crippen LogP contribution in [0, 0.1) is 11.8 Å². The fourth-order valence-corrected chi connectivity index (χ4v) is 1.63. The van der Waals surface area contributed by atoms with Crippen molar-refractivity contribution in [2.75, 3.05) is 19.6 Å². The third-order valence-electron chi connectivity index (χ3n) is 2.82. The highest BCUT2D eigenvalue weighted by atomic mass is 14.9. The molecule has 0 saturated heterocycles. The van der Waals surface area contributed by atoms with E-state index in [2.05, 4.69) is 12.2 Å². The van der Waals surface area contributed by atoms with Crippen molar-refractivity contribution in [1.82, 2.24) is 5.32 Å². The largest absolute Gasteiger partial charge is 0.330 e. The average molecular weight is 184 g/mol. The Labute approximate surface area is 82.3 Å². The summed E-state index contributed by atoms with van der Waals surface area (Å²) < 4.78 is 0. The molecule has 1 unspecified atom stereocenters. The van der Waals surface area contributed by atoms with Gasteiger partial charge in [0.2, 0.25) is 0 Å². The fraction of sp³-hybridized carbons (Fsp3) is 1.00. The fourth-order valence-electron chi connectivity index (χ4n) is 1.63. The summed E-state index contributed by atoms with van der Waals surface area (Å²) in [5.41, 5.74) is 5.46. The molecule has 0 spiro atoms. The molecule has 0 heterocycles. The van der Waals surface area contributed by atoms with Gasteiger partial charge in [-0.15, -0.1) is 0 Å². The molecule has 13 heavy (non-hydrogen) atoms. The molecular formula is C11H24N2. The maximum atomic E-state index is 5.46. The minimum absolute atomic E-state index is 0.794. The molecule has 0 amide bonds. The molecule has 3 N–H and O–H groups in total. The zero-order valence-corrected chi connectivity index (χ0v) is 8.89. The Morgan fingerprint density at radius 2 is 2.23 bits per heavy atom. The quantitative estimate of drug-likeness (QED) is 0.564. The highest BCUT2D eigenvalue weighted by molar-refractivity contribution is 4.73. The van der Waals surface area contributed by atoms with Gasteiger partial charge in [0.05, 0.1) is 0 Å². The van der Waals surface area contributed by atoms with E-state index in [0.29, 0.717) is 0 Å². The maximum absolute atomic E-state index is 5.46. The Kier molecular flexibility index (Phi) is 5.40. The lowest BCUT2D eigenvalue weighted by Gasteiger charge is -2.11. The molecule has 0 radical (unpaired) electrons. The summed E-state index contributed by atoms with van der Waals surface area (Å²) in [5.74, 6) is 1.86. The van der Waals surface area contributed by atoms with Crippen LogP contribution in [0.3, 0.4) is 0 Å². The molecule has 2 nitrogen and oxygen atoms in total. The van der Waals surface area contributed by atoms with Gasteiger partial charge in [0.25, 0.3) is 0 Å². The van der Waals surface area contributed by atoms with E-state index in [1.54, 1.807) is 0 Å². The van der Waals surface area contributed by atoms with E-state index in [4.69, 9.17) is 5.73 Å². The molecule has 1 aliphatic carbocycles. The molecule has 2 heteroatoms. The smallest absolute Gasteiger partial charge is 0.00231 e. The molecular weight excluding hydrogens is 160 g/mol. The summed E-state index contributed by atoms with van der Waals surface area (Å²) in [6.45, 7) is 5.54. The third-order valence-corrected chi connectivity index (χ3v) is 2.82. The van der Waals surface area contributed by atoms with Gasteiger partial charge in [0.15, 0.2) is 0 Å². The molecule has 78 valence electrons. The Hall–Kier alpha value is -0.0800. The van der Waals surface area contributed by atoms with Gasteiger partial charge in [0.1, 0.15) is 0 Å². The van der Waals surface area contributed by atoms with Gasteiger partial charge in [-0.25, -0.2) is 0 Å². The highest BCUT2D eigenvalue weighted by Gasteiger charge is 2.19. The Bertz CT molecular complexity index is 121. The van der Waals surface area contributed by atoms with Crippen LogP contribution in [0.15, 0.2) is 0 Å². The summed E-state index contributed by atoms with van der Waals surface area (Å²) in [4.78, 5) is 0. The molecule has 0 aromatic carbocycles. The van der Waals surface area contributed by atoms with E-state index < -0.39 is 0 Å². The van der Waals surface area contributed by atoms with Crippen LogP contribution in [0.4, 0.5) is 0 Å². The standard InChI is InChI=1S/C11H24N2/c1-10(3-2-7-12)9-13-8-6-11-4-5-11/h10-11,13H,2-9,12H2,1H3. The van der Waals surface area contributed by atoms with E-state index in [0.717, 1.165) is 18.4 Å². The predicted molar refractivity (Wildman–Crippen MR) is 57.7 cm³/mol. The summed E-state index contributed by atoms with van der Waals surface area (Å²) in [6.07, 6.45) is 6.79. The molecule has 1 fully saturated rings. The minimum atomic E-state index is 0.794. The maximum Gasteiger partial charge on any atom is -0.00231 e. The molecule has 0 bridgehead atoms. The van der Waals surface area contributed by atoms with E-state index in [-0.39, 0.29) is 0 Å². The SMILES string of the molecule is CC(CCCN)CNCCC1CC1. The first kappa shape index (κ1) is 11.0. The summed E-state index contributed by atoms with van der Waals surface area (Å²) in [6, 6.07) is 0. The van der Waals surface area contributed by atoms with Crippen molar-refractivity contribution < 1.29 is 0 Å². The van der Waals surface area contributed by atoms with Gasteiger partial charge in [-0.3, -0.25) is 0 Å². The Morgan fingerprint density at radius 1 is 1.46 bits per heavy atom. The lowest BCUT2D eigenvalue weighted by atomic mass is 10.1. The Balaban J connectivity index is 1.79. The van der Waals surface area contributed by atoms with Crippen molar-refractivity contribution >= 4 is 0 Å². The van der Waals surface area contributed by atoms with Gasteiger partial charge in [0, 0.05) is 0 Å². The minimum Gasteiger partial charge on any atom is -0.330 e. The topological polar surface area (TPSA) is 38.0 Å². The third kappa shape index (κ3) is 6.05. The molecule has 0 aromatic heterocycles. The van der Waals surface area contributed by atoms with Gasteiger partial charge in [-0.05, 0) is 50.7 Å². The second-order valence-corrected chi connectivity index (χ2v) is 4.47. The van der Waals surface area contributed by atoms with E-state index in [1.807, 2.05) is 0 Å². The van der Waals surface area contributed by atoms with Crippen LogP contribution in [0.2, 0.25) is 0 Å². The van der Waals surface area contributed by atoms with Crippen molar-refractivity contribution in [2.24, 2.45) is 17.6 Å². The van der Waals surface area contributed by atoms with Gasteiger partial charge in [-0.2, -0.15) is 0 Å². The van der Waals surface area contributed by atoms with Crippen LogP contribution in [0.25, 0.3) is 0 Å². The first-order chi connectivity index (χ1) is 6.33. The van der Waals surface area contributed by atoms with E-state index in [1.165, 1.54) is 45.2 Å². The average Bonchev–Trinajstić information content (AvgIpc) is 2.92. The summed E-state index contributed by atoms with van der Waals surface area (Å²) in [7, 11) is 0. The Morgan fingerprint density at radius 3 is 2.85 bits per heavy atom. The molecule has 0 aliphatic heterocycles. The molecule has 1 rings (SSSR count). The van der Waals surface area contributed by atoms with Gasteiger partial charge < -0.3 is 11.1 Å². The van der Waals surface area contributed by atoms with E-state index >= 15 is 0 Å². The number of rotatable bonds is 8. The number of hydrogen-bond acceptors (Lipinski definition) is 2. The van der Waals surface area contributed by atoms with Crippen molar-refractivity contribution in [3.05, 3.63) is 0 Å². The molecule has 1 saturated carbocycles. The van der Waals surface area contributed by atoms with Crippen molar-refractivity contribution in [1.29, 1.82) is 0 Å². The normalized spacial score (nSPS) is 18.9. The van der Waals surface area contributed by atoms with Crippen LogP contribution in [0.1, 0.15) is 39.0 Å². The van der Waals surface area contributed by atoms with Gasteiger partial charge in [-0.1, -0.05) is 19.8 Å². The van der Waals surface area contributed by atoms with Crippen LogP contribution in [-0.2, 0) is 0 Å². The summed E-state index contributed by atoms with van der Waals surface area (Å²) in [5, 5.41) is 3.52. The lowest BCUT2D eigenvalue weighted by Crippen LogP contribution is -2.23. The number of hydrogen-bond donors (Lipinski definition) is 2. The second-order valence-electron chi connectivity index (χ2n) is 4.47. The first-order valence-corrected chi connectivity index (χ1v) is 5.73. The van der Waals surface area contributed by atoms with Gasteiger partial charge >= 0.3 is 0 Å². The van der Waals surface area contributed by atoms with Crippen molar-refractivity contribution in [3.8, 4) is 0 Å². The molecule has 1 aliphatic rings. The monoisotopic (exact) mass is 184 g/mol. The van der Waals surface area contributed by atoms with E-state index in [9.17, 15) is 0 Å². The van der Waals surface area contributed by atoms with Crippen LogP contribution < -0.4 is 11.1 Å². The van der Waals surface area contributed by atoms with Crippen molar-refractivity contribution in [3.63, 3.8) is 0 Å². The molecule has 1 atom stereocenters. The second kappa shape index (κ2) is 6.39. The van der Waals surface area contributed by atoms with Crippen LogP contribution >= 0.6 is 0 Å². The predicted octanol–water partition coefficient (Wildman–Crippen LogP) is 1.75. The van der Waals surface area contributed by atoms with Crippen LogP contribution in [-0.4, -0.2) is 19.6 Å². The van der Waals surface area contributed by atoms with Crippen LogP contribution in [0.5, 0.6) is 0 Å². The number of nitrogens with two attached hydrogens (primary N) is 1.